The van der Waals surface area contributed by atoms with Gasteiger partial charge in [-0.05, 0) is 42.5 Å². The molecule has 1 aromatic heterocycles. The number of ether oxygens (including phenoxy) is 1. The molecule has 2 N–H and O–H groups in total. The second-order valence-electron chi connectivity index (χ2n) is 5.68. The molecule has 2 aromatic carbocycles. The first kappa shape index (κ1) is 19.7. The average molecular weight is 416 g/mol. The predicted molar refractivity (Wildman–Crippen MR) is 110 cm³/mol. The van der Waals surface area contributed by atoms with E-state index in [2.05, 4.69) is 15.6 Å². The van der Waals surface area contributed by atoms with Crippen LogP contribution in [0.2, 0.25) is 10.2 Å². The van der Waals surface area contributed by atoms with Gasteiger partial charge in [0.2, 0.25) is 0 Å². The molecule has 0 saturated heterocycles. The highest BCUT2D eigenvalue weighted by atomic mass is 35.5. The quantitative estimate of drug-likeness (QED) is 0.580. The molecule has 0 aliphatic carbocycles. The highest BCUT2D eigenvalue weighted by Crippen LogP contribution is 2.24. The summed E-state index contributed by atoms with van der Waals surface area (Å²) >= 11 is 11.6. The summed E-state index contributed by atoms with van der Waals surface area (Å²) in [7, 11) is 1.53. The van der Waals surface area contributed by atoms with E-state index in [-0.39, 0.29) is 21.6 Å². The zero-order valence-corrected chi connectivity index (χ0v) is 16.2. The maximum Gasteiger partial charge on any atom is 0.257 e. The second kappa shape index (κ2) is 8.73. The summed E-state index contributed by atoms with van der Waals surface area (Å²) in [4.78, 5) is 28.5. The van der Waals surface area contributed by atoms with Gasteiger partial charge in [-0.15, -0.1) is 0 Å². The number of halogens is 2. The molecular weight excluding hydrogens is 401 g/mol. The molecule has 0 saturated carbocycles. The highest BCUT2D eigenvalue weighted by molar-refractivity contribution is 6.41. The Labute approximate surface area is 171 Å². The van der Waals surface area contributed by atoms with Crippen molar-refractivity contribution in [2.24, 2.45) is 0 Å². The number of para-hydroxylation sites is 2. The zero-order valence-electron chi connectivity index (χ0n) is 14.7. The SMILES string of the molecule is COc1ccccc1NC(=O)c1ccc(NC(=O)c2cnc(Cl)c(Cl)c2)cc1. The molecule has 6 nitrogen and oxygen atoms in total. The number of rotatable bonds is 5. The van der Waals surface area contributed by atoms with Crippen molar-refractivity contribution in [3.63, 3.8) is 0 Å². The maximum absolute atomic E-state index is 12.4. The van der Waals surface area contributed by atoms with E-state index in [1.165, 1.54) is 19.4 Å². The summed E-state index contributed by atoms with van der Waals surface area (Å²) in [5, 5.41) is 5.82. The van der Waals surface area contributed by atoms with E-state index in [1.807, 2.05) is 6.07 Å². The Morgan fingerprint density at radius 3 is 2.29 bits per heavy atom. The van der Waals surface area contributed by atoms with Crippen LogP contribution >= 0.6 is 23.2 Å². The minimum Gasteiger partial charge on any atom is -0.495 e. The van der Waals surface area contributed by atoms with Crippen LogP contribution in [0.15, 0.2) is 60.8 Å². The molecule has 0 atom stereocenters. The Bertz CT molecular complexity index is 1020. The number of methoxy groups -OCH3 is 1. The third-order valence-electron chi connectivity index (χ3n) is 3.82. The van der Waals surface area contributed by atoms with Crippen LogP contribution < -0.4 is 15.4 Å². The van der Waals surface area contributed by atoms with E-state index >= 15 is 0 Å². The lowest BCUT2D eigenvalue weighted by atomic mass is 10.1. The third-order valence-corrected chi connectivity index (χ3v) is 4.50. The number of anilines is 2. The molecule has 142 valence electrons. The van der Waals surface area contributed by atoms with Crippen molar-refractivity contribution < 1.29 is 14.3 Å². The molecule has 0 bridgehead atoms. The molecule has 0 radical (unpaired) electrons. The molecule has 1 heterocycles. The second-order valence-corrected chi connectivity index (χ2v) is 6.45. The molecule has 0 unspecified atom stereocenters. The van der Waals surface area contributed by atoms with Crippen molar-refractivity contribution in [2.75, 3.05) is 17.7 Å². The Kier molecular flexibility index (Phi) is 6.13. The summed E-state index contributed by atoms with van der Waals surface area (Å²) in [6, 6.07) is 15.0. The van der Waals surface area contributed by atoms with Crippen LogP contribution in [-0.2, 0) is 0 Å². The van der Waals surface area contributed by atoms with E-state index < -0.39 is 5.91 Å². The van der Waals surface area contributed by atoms with Crippen LogP contribution in [0.4, 0.5) is 11.4 Å². The molecule has 3 rings (SSSR count). The smallest absolute Gasteiger partial charge is 0.257 e. The summed E-state index contributed by atoms with van der Waals surface area (Å²) in [5.74, 6) is -0.122. The van der Waals surface area contributed by atoms with Crippen LogP contribution in [0.5, 0.6) is 5.75 Å². The molecule has 2 amide bonds. The molecule has 28 heavy (non-hydrogen) atoms. The first-order chi connectivity index (χ1) is 13.5. The summed E-state index contributed by atoms with van der Waals surface area (Å²) in [6.07, 6.45) is 1.33. The van der Waals surface area contributed by atoms with Gasteiger partial charge in [-0.1, -0.05) is 35.3 Å². The Morgan fingerprint density at radius 1 is 0.929 bits per heavy atom. The standard InChI is InChI=1S/C20H15Cl2N3O3/c1-28-17-5-3-2-4-16(17)25-19(26)12-6-8-14(9-7-12)24-20(27)13-10-15(21)18(22)23-11-13/h2-11H,1H3,(H,24,27)(H,25,26). The van der Waals surface area contributed by atoms with Gasteiger partial charge in [-0.2, -0.15) is 0 Å². The number of carbonyl (C=O) groups is 2. The van der Waals surface area contributed by atoms with Gasteiger partial charge < -0.3 is 15.4 Å². The van der Waals surface area contributed by atoms with Crippen LogP contribution in [0, 0.1) is 0 Å². The van der Waals surface area contributed by atoms with E-state index in [9.17, 15) is 9.59 Å². The van der Waals surface area contributed by atoms with E-state index in [0.717, 1.165) is 0 Å². The number of nitrogens with zero attached hydrogens (tertiary/aromatic N) is 1. The largest absolute Gasteiger partial charge is 0.495 e. The Hall–Kier alpha value is -3.09. The van der Waals surface area contributed by atoms with Crippen molar-refractivity contribution in [3.8, 4) is 5.75 Å². The summed E-state index contributed by atoms with van der Waals surface area (Å²) in [6.45, 7) is 0. The van der Waals surface area contributed by atoms with Gasteiger partial charge in [-0.25, -0.2) is 4.98 Å². The highest BCUT2D eigenvalue weighted by Gasteiger charge is 2.12. The van der Waals surface area contributed by atoms with Crippen molar-refractivity contribution in [3.05, 3.63) is 82.1 Å². The normalized spacial score (nSPS) is 10.2. The van der Waals surface area contributed by atoms with Crippen LogP contribution in [-0.4, -0.2) is 23.9 Å². The Morgan fingerprint density at radius 2 is 1.61 bits per heavy atom. The van der Waals surface area contributed by atoms with Gasteiger partial charge in [0.15, 0.2) is 0 Å². The van der Waals surface area contributed by atoms with Crippen LogP contribution in [0.25, 0.3) is 0 Å². The number of hydrogen-bond acceptors (Lipinski definition) is 4. The van der Waals surface area contributed by atoms with Gasteiger partial charge in [0, 0.05) is 17.4 Å². The number of aromatic nitrogens is 1. The van der Waals surface area contributed by atoms with Gasteiger partial charge in [0.25, 0.3) is 11.8 Å². The van der Waals surface area contributed by atoms with Crippen LogP contribution in [0.1, 0.15) is 20.7 Å². The number of benzene rings is 2. The Balaban J connectivity index is 1.68. The monoisotopic (exact) mass is 415 g/mol. The molecule has 8 heteroatoms. The number of carbonyl (C=O) groups excluding carboxylic acids is 2. The zero-order chi connectivity index (χ0) is 20.1. The third kappa shape index (κ3) is 4.60. The molecule has 0 fully saturated rings. The number of pyridine rings is 1. The predicted octanol–water partition coefficient (Wildman–Crippen LogP) is 4.90. The minimum absolute atomic E-state index is 0.128. The lowest BCUT2D eigenvalue weighted by Gasteiger charge is -2.10. The lowest BCUT2D eigenvalue weighted by Crippen LogP contribution is -2.14. The first-order valence-electron chi connectivity index (χ1n) is 8.15. The van der Waals surface area contributed by atoms with E-state index in [0.29, 0.717) is 22.7 Å². The summed E-state index contributed by atoms with van der Waals surface area (Å²) < 4.78 is 5.22. The van der Waals surface area contributed by atoms with Gasteiger partial charge in [-0.3, -0.25) is 9.59 Å². The lowest BCUT2D eigenvalue weighted by molar-refractivity contribution is 0.101. The minimum atomic E-state index is -0.391. The number of nitrogens with one attached hydrogen (secondary N) is 2. The molecule has 3 aromatic rings. The molecule has 0 aliphatic heterocycles. The van der Waals surface area contributed by atoms with Crippen molar-refractivity contribution >= 4 is 46.4 Å². The fourth-order valence-electron chi connectivity index (χ4n) is 2.40. The van der Waals surface area contributed by atoms with Gasteiger partial charge >= 0.3 is 0 Å². The summed E-state index contributed by atoms with van der Waals surface area (Å²) in [5.41, 5.74) is 1.79. The topological polar surface area (TPSA) is 80.3 Å². The fraction of sp³-hybridized carbons (Fsp3) is 0.0500. The maximum atomic E-state index is 12.4. The van der Waals surface area contributed by atoms with E-state index in [4.69, 9.17) is 27.9 Å². The average Bonchev–Trinajstić information content (AvgIpc) is 2.71. The van der Waals surface area contributed by atoms with Crippen molar-refractivity contribution in [2.45, 2.75) is 0 Å². The first-order valence-corrected chi connectivity index (χ1v) is 8.90. The molecule has 0 aliphatic rings. The molecule has 0 spiro atoms. The van der Waals surface area contributed by atoms with Gasteiger partial charge in [0.1, 0.15) is 10.9 Å². The number of amides is 2. The van der Waals surface area contributed by atoms with E-state index in [1.54, 1.807) is 42.5 Å². The number of hydrogen-bond donors (Lipinski definition) is 2. The fourth-order valence-corrected chi connectivity index (χ4v) is 2.67. The van der Waals surface area contributed by atoms with Gasteiger partial charge in [0.05, 0.1) is 23.4 Å². The molecular formula is C20H15Cl2N3O3. The van der Waals surface area contributed by atoms with Crippen LogP contribution in [0.3, 0.4) is 0 Å². The van der Waals surface area contributed by atoms with Crippen molar-refractivity contribution in [1.82, 2.24) is 4.98 Å². The van der Waals surface area contributed by atoms with Crippen molar-refractivity contribution in [1.29, 1.82) is 0 Å².